The van der Waals surface area contributed by atoms with Crippen molar-refractivity contribution in [2.45, 2.75) is 0 Å². The molecule has 2 rings (SSSR count). The van der Waals surface area contributed by atoms with Crippen LogP contribution in [0.1, 0.15) is 9.67 Å². The molecule has 8 heteroatoms. The van der Waals surface area contributed by atoms with Crippen molar-refractivity contribution in [3.05, 3.63) is 34.2 Å². The third-order valence-corrected chi connectivity index (χ3v) is 4.38. The van der Waals surface area contributed by atoms with Gasteiger partial charge in [-0.1, -0.05) is 11.6 Å². The third-order valence-electron chi connectivity index (χ3n) is 2.70. The van der Waals surface area contributed by atoms with Gasteiger partial charge in [0.15, 0.2) is 17.2 Å². The number of halogens is 1. The zero-order valence-corrected chi connectivity index (χ0v) is 12.9. The standard InChI is InChI=1S/C14H11ClO6S/c1-20-8-4-2-7(3-5-8)12-10(15)11(21-6-9(16)17)13(22-12)14(18)19/h2-5H,6H2,1H3,(H,16,17)(H,18,19). The molecule has 0 radical (unpaired) electrons. The predicted molar refractivity (Wildman–Crippen MR) is 81.4 cm³/mol. The van der Waals surface area contributed by atoms with Crippen LogP contribution in [0.3, 0.4) is 0 Å². The maximum atomic E-state index is 11.3. The number of carboxylic acid groups (broad SMARTS) is 2. The van der Waals surface area contributed by atoms with Crippen LogP contribution < -0.4 is 9.47 Å². The van der Waals surface area contributed by atoms with Gasteiger partial charge in [-0.2, -0.15) is 0 Å². The average Bonchev–Trinajstić information content (AvgIpc) is 2.82. The van der Waals surface area contributed by atoms with Crippen molar-refractivity contribution in [2.75, 3.05) is 13.7 Å². The van der Waals surface area contributed by atoms with E-state index >= 15 is 0 Å². The topological polar surface area (TPSA) is 93.1 Å². The fourth-order valence-corrected chi connectivity index (χ4v) is 3.14. The Morgan fingerprint density at radius 1 is 1.23 bits per heavy atom. The molecule has 2 aromatic rings. The second-order valence-electron chi connectivity index (χ2n) is 4.12. The lowest BCUT2D eigenvalue weighted by Gasteiger charge is -2.04. The van der Waals surface area contributed by atoms with Crippen molar-refractivity contribution >= 4 is 34.9 Å². The normalized spacial score (nSPS) is 10.3. The van der Waals surface area contributed by atoms with E-state index in [1.54, 1.807) is 24.3 Å². The van der Waals surface area contributed by atoms with Gasteiger partial charge in [0.05, 0.1) is 12.0 Å². The molecule has 2 N–H and O–H groups in total. The molecule has 22 heavy (non-hydrogen) atoms. The molecule has 0 unspecified atom stereocenters. The number of hydrogen-bond donors (Lipinski definition) is 2. The summed E-state index contributed by atoms with van der Waals surface area (Å²) < 4.78 is 10.1. The summed E-state index contributed by atoms with van der Waals surface area (Å²) in [4.78, 5) is 22.2. The monoisotopic (exact) mass is 342 g/mol. The Bertz CT molecular complexity index is 707. The van der Waals surface area contributed by atoms with E-state index in [2.05, 4.69) is 0 Å². The highest BCUT2D eigenvalue weighted by Crippen LogP contribution is 2.45. The van der Waals surface area contributed by atoms with Crippen molar-refractivity contribution < 1.29 is 29.3 Å². The van der Waals surface area contributed by atoms with E-state index in [0.29, 0.717) is 16.2 Å². The first-order valence-electron chi connectivity index (χ1n) is 5.98. The summed E-state index contributed by atoms with van der Waals surface area (Å²) in [6.45, 7) is -0.668. The number of benzene rings is 1. The van der Waals surface area contributed by atoms with Crippen LogP contribution >= 0.6 is 22.9 Å². The number of aliphatic carboxylic acids is 1. The molecule has 0 spiro atoms. The predicted octanol–water partition coefficient (Wildman–Crippen LogP) is 3.24. The van der Waals surface area contributed by atoms with Crippen molar-refractivity contribution in [3.63, 3.8) is 0 Å². The Hall–Kier alpha value is -2.25. The van der Waals surface area contributed by atoms with E-state index in [1.165, 1.54) is 7.11 Å². The molecule has 0 aliphatic carbocycles. The van der Waals surface area contributed by atoms with Crippen molar-refractivity contribution in [1.29, 1.82) is 0 Å². The van der Waals surface area contributed by atoms with Gasteiger partial charge in [-0.3, -0.25) is 0 Å². The number of ether oxygens (including phenoxy) is 2. The Labute approximate surface area is 134 Å². The molecule has 0 saturated carbocycles. The number of thiophene rings is 1. The maximum absolute atomic E-state index is 11.3. The SMILES string of the molecule is COc1ccc(-c2sc(C(=O)O)c(OCC(=O)O)c2Cl)cc1. The van der Waals surface area contributed by atoms with Crippen LogP contribution in [0, 0.1) is 0 Å². The summed E-state index contributed by atoms with van der Waals surface area (Å²) in [5.74, 6) is -1.93. The molecule has 6 nitrogen and oxygen atoms in total. The minimum atomic E-state index is -1.23. The van der Waals surface area contributed by atoms with E-state index in [0.717, 1.165) is 11.3 Å². The van der Waals surface area contributed by atoms with E-state index in [9.17, 15) is 14.7 Å². The van der Waals surface area contributed by atoms with Gasteiger partial charge in [0.2, 0.25) is 0 Å². The molecule has 1 heterocycles. The second kappa shape index (κ2) is 6.67. The Balaban J connectivity index is 2.45. The lowest BCUT2D eigenvalue weighted by Crippen LogP contribution is -2.10. The van der Waals surface area contributed by atoms with Crippen LogP contribution in [0.25, 0.3) is 10.4 Å². The highest BCUT2D eigenvalue weighted by atomic mass is 35.5. The molecule has 0 atom stereocenters. The Morgan fingerprint density at radius 2 is 1.86 bits per heavy atom. The van der Waals surface area contributed by atoms with Crippen molar-refractivity contribution in [3.8, 4) is 21.9 Å². The van der Waals surface area contributed by atoms with Crippen molar-refractivity contribution in [1.82, 2.24) is 0 Å². The first-order chi connectivity index (χ1) is 10.4. The maximum Gasteiger partial charge on any atom is 0.349 e. The summed E-state index contributed by atoms with van der Waals surface area (Å²) in [5, 5.41) is 17.9. The summed E-state index contributed by atoms with van der Waals surface area (Å²) in [6.07, 6.45) is 0. The zero-order chi connectivity index (χ0) is 16.3. The van der Waals surface area contributed by atoms with Gasteiger partial charge in [0, 0.05) is 0 Å². The van der Waals surface area contributed by atoms with Crippen LogP contribution in [0.4, 0.5) is 0 Å². The molecule has 0 aliphatic heterocycles. The summed E-state index contributed by atoms with van der Waals surface area (Å²) in [5.41, 5.74) is 0.684. The summed E-state index contributed by atoms with van der Waals surface area (Å²) in [7, 11) is 1.54. The zero-order valence-electron chi connectivity index (χ0n) is 11.3. The number of hydrogen-bond acceptors (Lipinski definition) is 5. The first kappa shape index (κ1) is 16.1. The van der Waals surface area contributed by atoms with E-state index in [-0.39, 0.29) is 15.6 Å². The van der Waals surface area contributed by atoms with Gasteiger partial charge in [-0.25, -0.2) is 9.59 Å². The molecule has 0 fully saturated rings. The molecule has 116 valence electrons. The first-order valence-corrected chi connectivity index (χ1v) is 7.18. The second-order valence-corrected chi connectivity index (χ2v) is 5.52. The Kier molecular flexibility index (Phi) is 4.89. The fourth-order valence-electron chi connectivity index (χ4n) is 1.73. The summed E-state index contributed by atoms with van der Waals surface area (Å²) >= 11 is 7.09. The molecular weight excluding hydrogens is 332 g/mol. The molecule has 0 bridgehead atoms. The number of carboxylic acids is 2. The molecular formula is C14H11ClO6S. The minimum absolute atomic E-state index is 0.0776. The number of methoxy groups -OCH3 is 1. The summed E-state index contributed by atoms with van der Waals surface area (Å²) in [6, 6.07) is 6.87. The minimum Gasteiger partial charge on any atom is -0.497 e. The van der Waals surface area contributed by atoms with Gasteiger partial charge < -0.3 is 19.7 Å². The van der Waals surface area contributed by atoms with Crippen LogP contribution in [0.15, 0.2) is 24.3 Å². The number of carbonyl (C=O) groups is 2. The molecule has 0 aliphatic rings. The lowest BCUT2D eigenvalue weighted by molar-refractivity contribution is -0.139. The molecule has 1 aromatic carbocycles. The Morgan fingerprint density at radius 3 is 2.36 bits per heavy atom. The largest absolute Gasteiger partial charge is 0.497 e. The van der Waals surface area contributed by atoms with Gasteiger partial charge in [0.1, 0.15) is 10.8 Å². The van der Waals surface area contributed by atoms with Gasteiger partial charge in [-0.05, 0) is 29.8 Å². The van der Waals surface area contributed by atoms with Gasteiger partial charge in [0.25, 0.3) is 0 Å². The average molecular weight is 343 g/mol. The van der Waals surface area contributed by atoms with Crippen LogP contribution in [-0.2, 0) is 4.79 Å². The highest BCUT2D eigenvalue weighted by Gasteiger charge is 2.24. The fraction of sp³-hybridized carbons (Fsp3) is 0.143. The smallest absolute Gasteiger partial charge is 0.349 e. The third kappa shape index (κ3) is 3.32. The highest BCUT2D eigenvalue weighted by molar-refractivity contribution is 7.18. The van der Waals surface area contributed by atoms with E-state index in [4.69, 9.17) is 26.2 Å². The van der Waals surface area contributed by atoms with Crippen LogP contribution in [0.2, 0.25) is 5.02 Å². The van der Waals surface area contributed by atoms with Crippen molar-refractivity contribution in [2.24, 2.45) is 0 Å². The quantitative estimate of drug-likeness (QED) is 0.837. The van der Waals surface area contributed by atoms with Crippen LogP contribution in [0.5, 0.6) is 11.5 Å². The lowest BCUT2D eigenvalue weighted by atomic mass is 10.2. The van der Waals surface area contributed by atoms with E-state index in [1.807, 2.05) is 0 Å². The van der Waals surface area contributed by atoms with Crippen LogP contribution in [-0.4, -0.2) is 35.9 Å². The van der Waals surface area contributed by atoms with Gasteiger partial charge >= 0.3 is 11.9 Å². The van der Waals surface area contributed by atoms with Gasteiger partial charge in [-0.15, -0.1) is 11.3 Å². The molecule has 1 aromatic heterocycles. The number of aromatic carboxylic acids is 1. The molecule has 0 amide bonds. The number of rotatable bonds is 6. The molecule has 0 saturated heterocycles. The van der Waals surface area contributed by atoms with E-state index < -0.39 is 18.5 Å².